The van der Waals surface area contributed by atoms with Crippen LogP contribution >= 0.6 is 11.8 Å². The van der Waals surface area contributed by atoms with Gasteiger partial charge in [0.15, 0.2) is 5.16 Å². The van der Waals surface area contributed by atoms with Crippen molar-refractivity contribution in [3.63, 3.8) is 0 Å². The van der Waals surface area contributed by atoms with E-state index in [1.807, 2.05) is 13.8 Å². The van der Waals surface area contributed by atoms with Gasteiger partial charge in [-0.25, -0.2) is 18.5 Å². The van der Waals surface area contributed by atoms with Gasteiger partial charge in [0.2, 0.25) is 15.9 Å². The number of imidazole rings is 1. The molecule has 1 fully saturated rings. The second kappa shape index (κ2) is 8.89. The SMILES string of the molecule is Cc1nc(S[C@@H](C)C(=O)Nc2ccc(S(N)(=O)=O)cc2)n(C2CCCCC2)c1C. The molecule has 0 aliphatic heterocycles. The van der Waals surface area contributed by atoms with Gasteiger partial charge in [0, 0.05) is 17.4 Å². The van der Waals surface area contributed by atoms with Gasteiger partial charge < -0.3 is 9.88 Å². The number of amides is 1. The lowest BCUT2D eigenvalue weighted by Gasteiger charge is -2.26. The van der Waals surface area contributed by atoms with Crippen molar-refractivity contribution in [1.82, 2.24) is 9.55 Å². The molecule has 0 bridgehead atoms. The largest absolute Gasteiger partial charge is 0.325 e. The third-order valence-electron chi connectivity index (χ3n) is 5.40. The zero-order chi connectivity index (χ0) is 21.2. The van der Waals surface area contributed by atoms with Crippen LogP contribution in [0.25, 0.3) is 0 Å². The molecule has 1 aromatic heterocycles. The van der Waals surface area contributed by atoms with Crippen molar-refractivity contribution < 1.29 is 13.2 Å². The molecule has 29 heavy (non-hydrogen) atoms. The lowest BCUT2D eigenvalue weighted by Crippen LogP contribution is -2.23. The highest BCUT2D eigenvalue weighted by molar-refractivity contribution is 8.00. The molecule has 1 aliphatic rings. The number of nitrogens with one attached hydrogen (secondary N) is 1. The number of primary sulfonamides is 1. The Hall–Kier alpha value is -1.84. The van der Waals surface area contributed by atoms with Crippen molar-refractivity contribution >= 4 is 33.4 Å². The van der Waals surface area contributed by atoms with Crippen LogP contribution in [0, 0.1) is 13.8 Å². The van der Waals surface area contributed by atoms with Crippen molar-refractivity contribution in [3.05, 3.63) is 35.7 Å². The number of aromatic nitrogens is 2. The number of aryl methyl sites for hydroxylation is 1. The molecule has 7 nitrogen and oxygen atoms in total. The number of hydrogen-bond acceptors (Lipinski definition) is 5. The highest BCUT2D eigenvalue weighted by atomic mass is 32.2. The molecular weight excluding hydrogens is 408 g/mol. The van der Waals surface area contributed by atoms with Gasteiger partial charge in [0.1, 0.15) is 0 Å². The first kappa shape index (κ1) is 21.9. The summed E-state index contributed by atoms with van der Waals surface area (Å²) in [7, 11) is -3.75. The first-order valence-corrected chi connectivity index (χ1v) is 12.2. The number of anilines is 1. The Morgan fingerprint density at radius 1 is 1.21 bits per heavy atom. The van der Waals surface area contributed by atoms with E-state index in [4.69, 9.17) is 10.1 Å². The number of thioether (sulfide) groups is 1. The van der Waals surface area contributed by atoms with Gasteiger partial charge in [-0.15, -0.1) is 0 Å². The average Bonchev–Trinajstić information content (AvgIpc) is 2.95. The van der Waals surface area contributed by atoms with E-state index in [0.29, 0.717) is 11.7 Å². The molecule has 1 aliphatic carbocycles. The molecule has 1 amide bonds. The molecule has 2 aromatic rings. The smallest absolute Gasteiger partial charge is 0.238 e. The van der Waals surface area contributed by atoms with E-state index in [1.165, 1.54) is 61.0 Å². The highest BCUT2D eigenvalue weighted by Gasteiger charge is 2.25. The van der Waals surface area contributed by atoms with Crippen molar-refractivity contribution in [2.45, 2.75) is 74.2 Å². The maximum absolute atomic E-state index is 12.7. The van der Waals surface area contributed by atoms with Gasteiger partial charge in [0.25, 0.3) is 0 Å². The van der Waals surface area contributed by atoms with Gasteiger partial charge in [-0.1, -0.05) is 31.0 Å². The van der Waals surface area contributed by atoms with Crippen molar-refractivity contribution in [2.75, 3.05) is 5.32 Å². The van der Waals surface area contributed by atoms with Crippen LogP contribution in [0.5, 0.6) is 0 Å². The molecule has 0 unspecified atom stereocenters. The van der Waals surface area contributed by atoms with Gasteiger partial charge in [-0.05, 0) is 57.9 Å². The maximum atomic E-state index is 12.7. The van der Waals surface area contributed by atoms with E-state index in [-0.39, 0.29) is 16.1 Å². The van der Waals surface area contributed by atoms with Gasteiger partial charge in [-0.3, -0.25) is 4.79 Å². The van der Waals surface area contributed by atoms with Crippen molar-refractivity contribution in [2.24, 2.45) is 5.14 Å². The molecule has 0 radical (unpaired) electrons. The third-order valence-corrected chi connectivity index (χ3v) is 7.39. The summed E-state index contributed by atoms with van der Waals surface area (Å²) >= 11 is 1.46. The molecule has 3 rings (SSSR count). The Labute approximate surface area is 176 Å². The van der Waals surface area contributed by atoms with Crippen molar-refractivity contribution in [1.29, 1.82) is 0 Å². The fourth-order valence-corrected chi connectivity index (χ4v) is 5.22. The molecule has 9 heteroatoms. The van der Waals surface area contributed by atoms with E-state index in [0.717, 1.165) is 23.7 Å². The summed E-state index contributed by atoms with van der Waals surface area (Å²) in [5.74, 6) is -0.160. The Morgan fingerprint density at radius 3 is 2.41 bits per heavy atom. The number of sulfonamides is 1. The number of carbonyl (C=O) groups is 1. The minimum absolute atomic E-state index is 0.0124. The maximum Gasteiger partial charge on any atom is 0.238 e. The summed E-state index contributed by atoms with van der Waals surface area (Å²) < 4.78 is 25.0. The molecule has 0 saturated heterocycles. The molecule has 3 N–H and O–H groups in total. The number of rotatable bonds is 6. The van der Waals surface area contributed by atoms with Crippen LogP contribution in [-0.4, -0.2) is 29.1 Å². The zero-order valence-electron chi connectivity index (χ0n) is 17.0. The summed E-state index contributed by atoms with van der Waals surface area (Å²) in [6, 6.07) is 6.28. The lowest BCUT2D eigenvalue weighted by atomic mass is 9.95. The average molecular weight is 437 g/mol. The highest BCUT2D eigenvalue weighted by Crippen LogP contribution is 2.35. The Bertz CT molecular complexity index is 978. The topological polar surface area (TPSA) is 107 Å². The van der Waals surface area contributed by atoms with Crippen LogP contribution in [-0.2, 0) is 14.8 Å². The standard InChI is InChI=1S/C20H28N4O3S2/c1-13-14(2)24(17-7-5-4-6-8-17)20(22-13)28-15(3)19(25)23-16-9-11-18(12-10-16)29(21,26)27/h9-12,15,17H,4-8H2,1-3H3,(H,23,25)(H2,21,26,27)/t15-/m0/s1. The number of nitrogens with two attached hydrogens (primary N) is 1. The van der Waals surface area contributed by atoms with Crippen molar-refractivity contribution in [3.8, 4) is 0 Å². The Kier molecular flexibility index (Phi) is 6.70. The monoisotopic (exact) mass is 436 g/mol. The molecule has 158 valence electrons. The summed E-state index contributed by atoms with van der Waals surface area (Å²) in [4.78, 5) is 17.4. The number of carbonyl (C=O) groups excluding carboxylic acids is 1. The third kappa shape index (κ3) is 5.21. The van der Waals surface area contributed by atoms with E-state index in [1.54, 1.807) is 0 Å². The molecule has 1 heterocycles. The number of nitrogens with zero attached hydrogens (tertiary/aromatic N) is 2. The summed E-state index contributed by atoms with van der Waals surface area (Å²) in [5, 5.41) is 8.47. The van der Waals surface area contributed by atoms with Gasteiger partial charge in [-0.2, -0.15) is 0 Å². The molecule has 0 spiro atoms. The Balaban J connectivity index is 1.70. The molecule has 1 aromatic carbocycles. The summed E-state index contributed by atoms with van der Waals surface area (Å²) in [6.07, 6.45) is 6.06. The number of benzene rings is 1. The molecular formula is C20H28N4O3S2. The van der Waals surface area contributed by atoms with E-state index >= 15 is 0 Å². The van der Waals surface area contributed by atoms with Crippen LogP contribution in [0.4, 0.5) is 5.69 Å². The minimum atomic E-state index is -3.75. The van der Waals surface area contributed by atoms with Crippen LogP contribution in [0.2, 0.25) is 0 Å². The van der Waals surface area contributed by atoms with Gasteiger partial charge >= 0.3 is 0 Å². The molecule has 1 saturated carbocycles. The second-order valence-corrected chi connectivity index (χ2v) is 10.4. The summed E-state index contributed by atoms with van der Waals surface area (Å²) in [6.45, 7) is 5.96. The van der Waals surface area contributed by atoms with Crippen LogP contribution in [0.1, 0.15) is 56.5 Å². The van der Waals surface area contributed by atoms with Gasteiger partial charge in [0.05, 0.1) is 15.8 Å². The quantitative estimate of drug-likeness (QED) is 0.670. The predicted molar refractivity (Wildman–Crippen MR) is 116 cm³/mol. The normalized spacial score (nSPS) is 16.6. The Morgan fingerprint density at radius 2 is 1.83 bits per heavy atom. The van der Waals surface area contributed by atoms with E-state index < -0.39 is 10.0 Å². The van der Waals surface area contributed by atoms with E-state index in [9.17, 15) is 13.2 Å². The second-order valence-electron chi connectivity index (χ2n) is 7.55. The van der Waals surface area contributed by atoms with Crippen LogP contribution in [0.3, 0.4) is 0 Å². The molecule has 1 atom stereocenters. The minimum Gasteiger partial charge on any atom is -0.325 e. The zero-order valence-corrected chi connectivity index (χ0v) is 18.6. The first-order chi connectivity index (χ1) is 13.7. The fourth-order valence-electron chi connectivity index (χ4n) is 3.63. The first-order valence-electron chi connectivity index (χ1n) is 9.82. The lowest BCUT2D eigenvalue weighted by molar-refractivity contribution is -0.115. The fraction of sp³-hybridized carbons (Fsp3) is 0.500. The summed E-state index contributed by atoms with van der Waals surface area (Å²) in [5.41, 5.74) is 2.70. The van der Waals surface area contributed by atoms with E-state index in [2.05, 4.69) is 16.8 Å². The predicted octanol–water partition coefficient (Wildman–Crippen LogP) is 3.77. The van der Waals surface area contributed by atoms with Crippen LogP contribution in [0.15, 0.2) is 34.3 Å². The van der Waals surface area contributed by atoms with Crippen LogP contribution < -0.4 is 10.5 Å². The number of hydrogen-bond donors (Lipinski definition) is 2.